The molecule has 0 bridgehead atoms. The van der Waals surface area contributed by atoms with Crippen LogP contribution in [0.3, 0.4) is 0 Å². The molecule has 0 aliphatic rings. The van der Waals surface area contributed by atoms with E-state index < -0.39 is 0 Å². The minimum atomic E-state index is -0.0238. The quantitative estimate of drug-likeness (QED) is 0.283. The van der Waals surface area contributed by atoms with E-state index in [0.29, 0.717) is 19.0 Å². The summed E-state index contributed by atoms with van der Waals surface area (Å²) in [6.45, 7) is 1.17. The van der Waals surface area contributed by atoms with Gasteiger partial charge in [0.25, 0.3) is 0 Å². The number of carbonyl (C=O) groups excluding carboxylic acids is 1. The largest absolute Gasteiger partial charge is 0.497 e. The van der Waals surface area contributed by atoms with Crippen LogP contribution < -0.4 is 10.1 Å². The first-order valence-corrected chi connectivity index (χ1v) is 9.76. The molecule has 3 rings (SSSR count). The molecule has 31 heavy (non-hydrogen) atoms. The lowest BCUT2D eigenvalue weighted by molar-refractivity contribution is -0.127. The van der Waals surface area contributed by atoms with Crippen molar-refractivity contribution in [2.24, 2.45) is 4.99 Å². The van der Waals surface area contributed by atoms with Crippen LogP contribution >= 0.6 is 24.0 Å². The number of rotatable bonds is 7. The molecule has 1 aromatic heterocycles. The minimum absolute atomic E-state index is 0. The van der Waals surface area contributed by atoms with Crippen LogP contribution in [0.25, 0.3) is 11.0 Å². The van der Waals surface area contributed by atoms with Gasteiger partial charge in [0.05, 0.1) is 26.7 Å². The third-order valence-electron chi connectivity index (χ3n) is 4.70. The number of hydrogen-bond donors (Lipinski definition) is 1. The molecule has 0 spiro atoms. The molecule has 3 aromatic rings. The molecule has 8 heteroatoms. The van der Waals surface area contributed by atoms with E-state index in [2.05, 4.69) is 5.32 Å². The van der Waals surface area contributed by atoms with Crippen LogP contribution in [0.15, 0.2) is 64.0 Å². The molecule has 0 fully saturated rings. The Balaban J connectivity index is 0.00000341. The van der Waals surface area contributed by atoms with E-state index >= 15 is 0 Å². The topological polar surface area (TPSA) is 70.3 Å². The van der Waals surface area contributed by atoms with Gasteiger partial charge in [0, 0.05) is 26.5 Å². The lowest BCUT2D eigenvalue weighted by Crippen LogP contribution is -2.43. The van der Waals surface area contributed by atoms with E-state index in [0.717, 1.165) is 28.0 Å². The first-order chi connectivity index (χ1) is 14.5. The predicted octanol–water partition coefficient (Wildman–Crippen LogP) is 3.73. The lowest BCUT2D eigenvalue weighted by Gasteiger charge is -2.22. The Morgan fingerprint density at radius 1 is 1.10 bits per heavy atom. The fraction of sp³-hybridized carbons (Fsp3) is 0.304. The van der Waals surface area contributed by atoms with Crippen LogP contribution in [0.5, 0.6) is 5.75 Å². The van der Waals surface area contributed by atoms with Gasteiger partial charge < -0.3 is 24.3 Å². The highest BCUT2D eigenvalue weighted by atomic mass is 127. The van der Waals surface area contributed by atoms with Crippen LogP contribution in [0, 0.1) is 0 Å². The maximum absolute atomic E-state index is 12.0. The normalized spacial score (nSPS) is 11.0. The van der Waals surface area contributed by atoms with Gasteiger partial charge in [-0.3, -0.25) is 4.79 Å². The highest BCUT2D eigenvalue weighted by Gasteiger charge is 2.13. The number of fused-ring (bicyclic) bond motifs is 1. The van der Waals surface area contributed by atoms with Crippen LogP contribution in [-0.2, 0) is 17.9 Å². The Morgan fingerprint density at radius 3 is 2.45 bits per heavy atom. The summed E-state index contributed by atoms with van der Waals surface area (Å²) in [5, 5.41) is 4.23. The first-order valence-electron chi connectivity index (χ1n) is 9.76. The van der Waals surface area contributed by atoms with Gasteiger partial charge in [-0.15, -0.1) is 24.0 Å². The summed E-state index contributed by atoms with van der Waals surface area (Å²) in [4.78, 5) is 20.3. The Hall–Kier alpha value is -2.75. The van der Waals surface area contributed by atoms with Crippen molar-refractivity contribution in [2.45, 2.75) is 13.1 Å². The van der Waals surface area contributed by atoms with Gasteiger partial charge in [-0.05, 0) is 29.8 Å². The second-order valence-electron chi connectivity index (χ2n) is 7.24. The molecular formula is C23H29IN4O3. The number of amides is 1. The summed E-state index contributed by atoms with van der Waals surface area (Å²) < 4.78 is 11.1. The fourth-order valence-corrected chi connectivity index (χ4v) is 2.94. The molecule has 2 aromatic carbocycles. The molecule has 0 radical (unpaired) electrons. The number of guanidine groups is 1. The Bertz CT molecular complexity index is 982. The average Bonchev–Trinajstić information content (AvgIpc) is 3.16. The number of likely N-dealkylation sites (N-methyl/N-ethyl adjacent to an activating group) is 1. The summed E-state index contributed by atoms with van der Waals surface area (Å²) in [6, 6.07) is 17.7. The van der Waals surface area contributed by atoms with E-state index in [-0.39, 0.29) is 36.4 Å². The summed E-state index contributed by atoms with van der Waals surface area (Å²) >= 11 is 0. The van der Waals surface area contributed by atoms with Gasteiger partial charge >= 0.3 is 0 Å². The van der Waals surface area contributed by atoms with Gasteiger partial charge in [-0.25, -0.2) is 4.99 Å². The van der Waals surface area contributed by atoms with Crippen molar-refractivity contribution in [3.05, 3.63) is 65.9 Å². The zero-order valence-corrected chi connectivity index (χ0v) is 20.6. The standard InChI is InChI=1S/C23H28N4O3.HI/c1-26(2)22(28)15-25-23(24-14-17-9-11-19(29-4)12-10-17)27(3)16-20-13-18-7-5-6-8-21(18)30-20;/h5-13H,14-16H2,1-4H3,(H,24,25);1H. The predicted molar refractivity (Wildman–Crippen MR) is 134 cm³/mol. The molecule has 0 saturated heterocycles. The lowest BCUT2D eigenvalue weighted by atomic mass is 10.2. The van der Waals surface area contributed by atoms with Gasteiger partial charge in [0.2, 0.25) is 5.91 Å². The molecule has 0 unspecified atom stereocenters. The fourth-order valence-electron chi connectivity index (χ4n) is 2.94. The van der Waals surface area contributed by atoms with Crippen LogP contribution in [0.4, 0.5) is 0 Å². The highest BCUT2D eigenvalue weighted by Crippen LogP contribution is 2.20. The van der Waals surface area contributed by atoms with Crippen molar-refractivity contribution in [3.63, 3.8) is 0 Å². The van der Waals surface area contributed by atoms with E-state index in [1.807, 2.05) is 66.5 Å². The van der Waals surface area contributed by atoms with Crippen LogP contribution in [0.1, 0.15) is 11.3 Å². The van der Waals surface area contributed by atoms with Crippen molar-refractivity contribution in [1.82, 2.24) is 15.1 Å². The van der Waals surface area contributed by atoms with Crippen molar-refractivity contribution >= 4 is 46.8 Å². The number of ether oxygens (including phenoxy) is 1. The van der Waals surface area contributed by atoms with E-state index in [4.69, 9.17) is 14.1 Å². The smallest absolute Gasteiger partial charge is 0.241 e. The van der Waals surface area contributed by atoms with E-state index in [1.54, 1.807) is 26.1 Å². The maximum Gasteiger partial charge on any atom is 0.241 e. The van der Waals surface area contributed by atoms with Crippen molar-refractivity contribution in [2.75, 3.05) is 34.8 Å². The second-order valence-corrected chi connectivity index (χ2v) is 7.24. The number of carbonyl (C=O) groups is 1. The van der Waals surface area contributed by atoms with Gasteiger partial charge in [-0.1, -0.05) is 30.3 Å². The third kappa shape index (κ3) is 6.88. The van der Waals surface area contributed by atoms with Gasteiger partial charge in [0.1, 0.15) is 17.1 Å². The van der Waals surface area contributed by atoms with Gasteiger partial charge in [0.15, 0.2) is 5.96 Å². The molecule has 166 valence electrons. The molecule has 0 aliphatic carbocycles. The van der Waals surface area contributed by atoms with Crippen molar-refractivity contribution in [3.8, 4) is 5.75 Å². The molecule has 0 saturated carbocycles. The molecular weight excluding hydrogens is 507 g/mol. The van der Waals surface area contributed by atoms with Crippen LogP contribution in [0.2, 0.25) is 0 Å². The zero-order chi connectivity index (χ0) is 21.5. The Morgan fingerprint density at radius 2 is 1.81 bits per heavy atom. The second kappa shape index (κ2) is 11.6. The molecule has 1 N–H and O–H groups in total. The monoisotopic (exact) mass is 536 g/mol. The number of nitrogens with zero attached hydrogens (tertiary/aromatic N) is 3. The Labute approximate surface area is 200 Å². The average molecular weight is 536 g/mol. The van der Waals surface area contributed by atoms with E-state index in [9.17, 15) is 4.79 Å². The number of nitrogens with one attached hydrogen (secondary N) is 1. The SMILES string of the molecule is COc1ccc(CN=C(NCC(=O)N(C)C)N(C)Cc2cc3ccccc3o2)cc1.I. The zero-order valence-electron chi connectivity index (χ0n) is 18.3. The molecule has 0 aliphatic heterocycles. The van der Waals surface area contributed by atoms with Crippen molar-refractivity contribution < 1.29 is 13.9 Å². The summed E-state index contributed by atoms with van der Waals surface area (Å²) in [5.41, 5.74) is 1.90. The third-order valence-corrected chi connectivity index (χ3v) is 4.70. The molecule has 0 atom stereocenters. The van der Waals surface area contributed by atoms with Crippen molar-refractivity contribution in [1.29, 1.82) is 0 Å². The number of hydrogen-bond acceptors (Lipinski definition) is 4. The molecule has 1 amide bonds. The van der Waals surface area contributed by atoms with Gasteiger partial charge in [-0.2, -0.15) is 0 Å². The summed E-state index contributed by atoms with van der Waals surface area (Å²) in [7, 11) is 7.03. The number of furan rings is 1. The minimum Gasteiger partial charge on any atom is -0.497 e. The molecule has 1 heterocycles. The van der Waals surface area contributed by atoms with E-state index in [1.165, 1.54) is 0 Å². The number of para-hydroxylation sites is 1. The summed E-state index contributed by atoms with van der Waals surface area (Å²) in [6.07, 6.45) is 0. The first kappa shape index (κ1) is 24.5. The number of benzene rings is 2. The number of halogens is 1. The number of aliphatic imine (C=N–C) groups is 1. The maximum atomic E-state index is 12.0. The number of methoxy groups -OCH3 is 1. The van der Waals surface area contributed by atoms with Crippen LogP contribution in [-0.4, -0.2) is 56.5 Å². The highest BCUT2D eigenvalue weighted by molar-refractivity contribution is 14.0. The molecule has 7 nitrogen and oxygen atoms in total. The summed E-state index contributed by atoms with van der Waals surface area (Å²) in [5.74, 6) is 2.24. The Kier molecular flexibility index (Phi) is 9.17.